The molecule has 9 heteroatoms. The van der Waals surface area contributed by atoms with Crippen LogP contribution in [0.15, 0.2) is 24.3 Å². The highest BCUT2D eigenvalue weighted by Gasteiger charge is 2.23. The highest BCUT2D eigenvalue weighted by Crippen LogP contribution is 2.17. The Hall–Kier alpha value is -2.16. The third-order valence-corrected chi connectivity index (χ3v) is 4.34. The number of piperazine rings is 1. The number of nitrogens with zero attached hydrogens (tertiary/aromatic N) is 2. The van der Waals surface area contributed by atoms with Gasteiger partial charge in [-0.3, -0.25) is 9.59 Å². The van der Waals surface area contributed by atoms with Crippen molar-refractivity contribution in [3.8, 4) is 0 Å². The summed E-state index contributed by atoms with van der Waals surface area (Å²) < 4.78 is 35.2. The minimum Gasteiger partial charge on any atom is -0.368 e. The average Bonchev–Trinajstić information content (AvgIpc) is 2.51. The van der Waals surface area contributed by atoms with Crippen LogP contribution in [-0.4, -0.2) is 63.4 Å². The summed E-state index contributed by atoms with van der Waals surface area (Å²) in [7, 11) is -3.84. The van der Waals surface area contributed by atoms with Crippen LogP contribution in [0.3, 0.4) is 0 Å². The SMILES string of the molecule is CS(=O)(=O)C(=O)NCC(=O)N1CCN(c2cccc(F)c2)CC1. The zero-order valence-electron chi connectivity index (χ0n) is 12.7. The number of carbonyl (C=O) groups excluding carboxylic acids is 2. The minimum atomic E-state index is -3.84. The van der Waals surface area contributed by atoms with E-state index in [4.69, 9.17) is 0 Å². The van der Waals surface area contributed by atoms with E-state index in [1.165, 1.54) is 12.1 Å². The molecule has 1 saturated heterocycles. The van der Waals surface area contributed by atoms with Gasteiger partial charge in [-0.25, -0.2) is 12.8 Å². The van der Waals surface area contributed by atoms with Crippen LogP contribution in [-0.2, 0) is 14.6 Å². The Balaban J connectivity index is 1.84. The van der Waals surface area contributed by atoms with E-state index < -0.39 is 15.1 Å². The molecule has 0 radical (unpaired) electrons. The van der Waals surface area contributed by atoms with Crippen molar-refractivity contribution in [1.82, 2.24) is 10.2 Å². The van der Waals surface area contributed by atoms with E-state index in [0.717, 1.165) is 11.9 Å². The van der Waals surface area contributed by atoms with Crippen molar-refractivity contribution in [2.24, 2.45) is 0 Å². The summed E-state index contributed by atoms with van der Waals surface area (Å²) in [4.78, 5) is 26.7. The molecule has 2 amide bonds. The molecule has 0 saturated carbocycles. The molecule has 7 nitrogen and oxygen atoms in total. The van der Waals surface area contributed by atoms with Crippen molar-refractivity contribution in [2.45, 2.75) is 0 Å². The van der Waals surface area contributed by atoms with Gasteiger partial charge in [0.15, 0.2) is 0 Å². The van der Waals surface area contributed by atoms with Gasteiger partial charge < -0.3 is 15.1 Å². The Morgan fingerprint density at radius 3 is 2.43 bits per heavy atom. The van der Waals surface area contributed by atoms with E-state index in [2.05, 4.69) is 5.32 Å². The molecular formula is C14H18FN3O4S. The second-order valence-electron chi connectivity index (χ2n) is 5.26. The molecule has 1 aromatic carbocycles. The van der Waals surface area contributed by atoms with Gasteiger partial charge in [0.1, 0.15) is 5.82 Å². The Kier molecular flexibility index (Phi) is 5.19. The number of hydrogen-bond acceptors (Lipinski definition) is 5. The number of anilines is 1. The monoisotopic (exact) mass is 343 g/mol. The smallest absolute Gasteiger partial charge is 0.336 e. The Bertz CT molecular complexity index is 700. The molecule has 0 aliphatic carbocycles. The predicted molar refractivity (Wildman–Crippen MR) is 83.4 cm³/mol. The van der Waals surface area contributed by atoms with E-state index in [1.807, 2.05) is 4.90 Å². The van der Waals surface area contributed by atoms with Gasteiger partial charge >= 0.3 is 5.24 Å². The van der Waals surface area contributed by atoms with Gasteiger partial charge in [-0.05, 0) is 18.2 Å². The summed E-state index contributed by atoms with van der Waals surface area (Å²) in [6, 6.07) is 6.23. The lowest BCUT2D eigenvalue weighted by molar-refractivity contribution is -0.130. The van der Waals surface area contributed by atoms with E-state index in [9.17, 15) is 22.4 Å². The number of carbonyl (C=O) groups is 2. The lowest BCUT2D eigenvalue weighted by atomic mass is 10.2. The van der Waals surface area contributed by atoms with Crippen LogP contribution in [0.4, 0.5) is 14.9 Å². The summed E-state index contributed by atoms with van der Waals surface area (Å²) in [6.07, 6.45) is 0.782. The first kappa shape index (κ1) is 17.2. The van der Waals surface area contributed by atoms with E-state index in [1.54, 1.807) is 17.0 Å². The van der Waals surface area contributed by atoms with Gasteiger partial charge in [0, 0.05) is 38.1 Å². The molecule has 1 heterocycles. The van der Waals surface area contributed by atoms with E-state index in [0.29, 0.717) is 26.2 Å². The number of hydrogen-bond donors (Lipinski definition) is 1. The Labute approximate surface area is 134 Å². The fourth-order valence-corrected chi connectivity index (χ4v) is 2.61. The molecule has 1 aliphatic heterocycles. The third-order valence-electron chi connectivity index (χ3n) is 3.53. The van der Waals surface area contributed by atoms with Gasteiger partial charge in [0.25, 0.3) is 0 Å². The van der Waals surface area contributed by atoms with Crippen LogP contribution in [0.5, 0.6) is 0 Å². The number of rotatable bonds is 3. The maximum absolute atomic E-state index is 13.2. The molecular weight excluding hydrogens is 325 g/mol. The average molecular weight is 343 g/mol. The molecule has 0 spiro atoms. The normalized spacial score (nSPS) is 15.4. The van der Waals surface area contributed by atoms with Crippen molar-refractivity contribution in [3.05, 3.63) is 30.1 Å². The minimum absolute atomic E-state index is 0.315. The number of nitrogens with one attached hydrogen (secondary N) is 1. The highest BCUT2D eigenvalue weighted by molar-refractivity contribution is 8.05. The van der Waals surface area contributed by atoms with Gasteiger partial charge in [0.2, 0.25) is 15.7 Å². The second kappa shape index (κ2) is 6.95. The van der Waals surface area contributed by atoms with Gasteiger partial charge in [-0.1, -0.05) is 6.07 Å². The summed E-state index contributed by atoms with van der Waals surface area (Å²) in [5.41, 5.74) is 0.752. The van der Waals surface area contributed by atoms with Crippen molar-refractivity contribution in [1.29, 1.82) is 0 Å². The Morgan fingerprint density at radius 1 is 1.22 bits per heavy atom. The van der Waals surface area contributed by atoms with Gasteiger partial charge in [-0.15, -0.1) is 0 Å². The zero-order valence-corrected chi connectivity index (χ0v) is 13.5. The Morgan fingerprint density at radius 2 is 1.87 bits per heavy atom. The van der Waals surface area contributed by atoms with E-state index >= 15 is 0 Å². The number of amides is 2. The molecule has 23 heavy (non-hydrogen) atoms. The topological polar surface area (TPSA) is 86.8 Å². The van der Waals surface area contributed by atoms with Crippen LogP contribution in [0, 0.1) is 5.82 Å². The second-order valence-corrected chi connectivity index (χ2v) is 7.18. The van der Waals surface area contributed by atoms with Crippen molar-refractivity contribution >= 4 is 26.7 Å². The summed E-state index contributed by atoms with van der Waals surface area (Å²) >= 11 is 0. The molecule has 1 N–H and O–H groups in total. The zero-order chi connectivity index (χ0) is 17.0. The maximum Gasteiger partial charge on any atom is 0.336 e. The molecule has 0 unspecified atom stereocenters. The van der Waals surface area contributed by atoms with Crippen molar-refractivity contribution < 1.29 is 22.4 Å². The summed E-state index contributed by atoms with van der Waals surface area (Å²) in [5, 5.41) is 0.926. The van der Waals surface area contributed by atoms with Crippen LogP contribution in [0.1, 0.15) is 0 Å². The lowest BCUT2D eigenvalue weighted by Crippen LogP contribution is -2.51. The third kappa shape index (κ3) is 4.65. The molecule has 0 atom stereocenters. The first-order chi connectivity index (χ1) is 10.8. The number of benzene rings is 1. The largest absolute Gasteiger partial charge is 0.368 e. The molecule has 2 rings (SSSR count). The van der Waals surface area contributed by atoms with Gasteiger partial charge in [0.05, 0.1) is 6.54 Å². The van der Waals surface area contributed by atoms with Crippen LogP contribution in [0.2, 0.25) is 0 Å². The van der Waals surface area contributed by atoms with Crippen molar-refractivity contribution in [2.75, 3.05) is 43.9 Å². The standard InChI is InChI=1S/C14H18FN3O4S/c1-23(21,22)14(20)16-10-13(19)18-7-5-17(6-8-18)12-4-2-3-11(15)9-12/h2-4,9H,5-8,10H2,1H3,(H,16,20). The number of sulfone groups is 1. The summed E-state index contributed by atoms with van der Waals surface area (Å²) in [5.74, 6) is -0.662. The molecule has 0 aromatic heterocycles. The summed E-state index contributed by atoms with van der Waals surface area (Å²) in [6.45, 7) is 1.56. The highest BCUT2D eigenvalue weighted by atomic mass is 32.2. The van der Waals surface area contributed by atoms with Crippen LogP contribution in [0.25, 0.3) is 0 Å². The van der Waals surface area contributed by atoms with Gasteiger partial charge in [-0.2, -0.15) is 0 Å². The molecule has 126 valence electrons. The molecule has 1 fully saturated rings. The molecule has 1 aliphatic rings. The first-order valence-corrected chi connectivity index (χ1v) is 8.92. The predicted octanol–water partition coefficient (Wildman–Crippen LogP) is 0.229. The maximum atomic E-state index is 13.2. The molecule has 0 bridgehead atoms. The fraction of sp³-hybridized carbons (Fsp3) is 0.429. The fourth-order valence-electron chi connectivity index (χ4n) is 2.28. The quantitative estimate of drug-likeness (QED) is 0.849. The van der Waals surface area contributed by atoms with Crippen LogP contribution >= 0.6 is 0 Å². The number of halogens is 1. The first-order valence-electron chi connectivity index (χ1n) is 7.03. The molecule has 1 aromatic rings. The van der Waals surface area contributed by atoms with Crippen molar-refractivity contribution in [3.63, 3.8) is 0 Å². The van der Waals surface area contributed by atoms with Crippen LogP contribution < -0.4 is 10.2 Å². The lowest BCUT2D eigenvalue weighted by Gasteiger charge is -2.36. The van der Waals surface area contributed by atoms with E-state index in [-0.39, 0.29) is 18.3 Å².